The summed E-state index contributed by atoms with van der Waals surface area (Å²) in [5, 5.41) is 12.2. The Bertz CT molecular complexity index is 477. The van der Waals surface area contributed by atoms with Crippen LogP contribution in [0.25, 0.3) is 0 Å². The molecule has 0 aliphatic rings. The lowest BCUT2D eigenvalue weighted by atomic mass is 10.1. The largest absolute Gasteiger partial charge is 0.481 e. The first-order valence-corrected chi connectivity index (χ1v) is 6.33. The fourth-order valence-electron chi connectivity index (χ4n) is 1.63. The van der Waals surface area contributed by atoms with Gasteiger partial charge in [0.25, 0.3) is 5.91 Å². The molecule has 0 aliphatic heterocycles. The molecule has 1 rings (SSSR count). The number of primary amides is 1. The number of hydrogen-bond acceptors (Lipinski definition) is 3. The maximum absolute atomic E-state index is 11.3. The second-order valence-electron chi connectivity index (χ2n) is 4.47. The molecule has 0 saturated heterocycles. The Balaban J connectivity index is 2.63. The summed E-state index contributed by atoms with van der Waals surface area (Å²) in [5.41, 5.74) is 6.21. The Morgan fingerprint density at radius 2 is 2.16 bits per heavy atom. The lowest BCUT2D eigenvalue weighted by Gasteiger charge is -2.14. The summed E-state index contributed by atoms with van der Waals surface area (Å²) in [5.74, 6) is -1.18. The van der Waals surface area contributed by atoms with E-state index in [-0.39, 0.29) is 12.3 Å². The van der Waals surface area contributed by atoms with Crippen molar-refractivity contribution in [3.63, 3.8) is 0 Å². The number of carbonyl (C=O) groups excluding carboxylic acids is 1. The highest BCUT2D eigenvalue weighted by Crippen LogP contribution is 2.21. The number of nitrogens with two attached hydrogens (primary N) is 1. The standard InChI is InChI=1S/C13H17ClN2O3/c1-8(2-5-12(17)18)7-16-11-6-9(14)3-4-10(11)13(15)19/h3-4,6,8,16H,2,5,7H2,1H3,(H2,15,19)(H,17,18). The van der Waals surface area contributed by atoms with Gasteiger partial charge in [0.15, 0.2) is 0 Å². The van der Waals surface area contributed by atoms with E-state index in [1.807, 2.05) is 6.92 Å². The summed E-state index contributed by atoms with van der Waals surface area (Å²) in [6.07, 6.45) is 0.690. The molecule has 5 nitrogen and oxygen atoms in total. The first kappa shape index (κ1) is 15.3. The van der Waals surface area contributed by atoms with Crippen molar-refractivity contribution in [2.24, 2.45) is 11.7 Å². The number of rotatable bonds is 7. The van der Waals surface area contributed by atoms with E-state index in [0.29, 0.717) is 29.2 Å². The lowest BCUT2D eigenvalue weighted by Crippen LogP contribution is -2.17. The second-order valence-corrected chi connectivity index (χ2v) is 4.91. The summed E-state index contributed by atoms with van der Waals surface area (Å²) in [7, 11) is 0. The predicted octanol–water partition coefficient (Wildman–Crippen LogP) is 2.35. The van der Waals surface area contributed by atoms with Crippen molar-refractivity contribution in [3.05, 3.63) is 28.8 Å². The minimum Gasteiger partial charge on any atom is -0.481 e. The summed E-state index contributed by atoms with van der Waals surface area (Å²) < 4.78 is 0. The van der Waals surface area contributed by atoms with Crippen LogP contribution in [-0.2, 0) is 4.79 Å². The van der Waals surface area contributed by atoms with Gasteiger partial charge in [0, 0.05) is 23.7 Å². The third-order valence-electron chi connectivity index (χ3n) is 2.74. The van der Waals surface area contributed by atoms with E-state index in [9.17, 15) is 9.59 Å². The average Bonchev–Trinajstić information content (AvgIpc) is 2.33. The SMILES string of the molecule is CC(CCC(=O)O)CNc1cc(Cl)ccc1C(N)=O. The van der Waals surface area contributed by atoms with Crippen LogP contribution in [0.2, 0.25) is 5.02 Å². The Morgan fingerprint density at radius 1 is 1.47 bits per heavy atom. The molecule has 0 bridgehead atoms. The highest BCUT2D eigenvalue weighted by molar-refractivity contribution is 6.31. The highest BCUT2D eigenvalue weighted by Gasteiger charge is 2.10. The molecule has 1 amide bonds. The van der Waals surface area contributed by atoms with Gasteiger partial charge in [-0.2, -0.15) is 0 Å². The van der Waals surface area contributed by atoms with Crippen LogP contribution < -0.4 is 11.1 Å². The summed E-state index contributed by atoms with van der Waals surface area (Å²) in [6, 6.07) is 4.79. The molecule has 6 heteroatoms. The fraction of sp³-hybridized carbons (Fsp3) is 0.385. The molecular weight excluding hydrogens is 268 g/mol. The van der Waals surface area contributed by atoms with Gasteiger partial charge >= 0.3 is 5.97 Å². The van der Waals surface area contributed by atoms with Crippen molar-refractivity contribution in [3.8, 4) is 0 Å². The van der Waals surface area contributed by atoms with Gasteiger partial charge < -0.3 is 16.2 Å². The Hall–Kier alpha value is -1.75. The van der Waals surface area contributed by atoms with Crippen LogP contribution >= 0.6 is 11.6 Å². The zero-order chi connectivity index (χ0) is 14.4. The van der Waals surface area contributed by atoms with Crippen molar-refractivity contribution in [1.29, 1.82) is 0 Å². The maximum atomic E-state index is 11.3. The second kappa shape index (κ2) is 6.99. The van der Waals surface area contributed by atoms with Crippen LogP contribution in [0.5, 0.6) is 0 Å². The normalized spacial score (nSPS) is 11.9. The molecule has 0 aliphatic carbocycles. The number of hydrogen-bond donors (Lipinski definition) is 3. The van der Waals surface area contributed by atoms with E-state index in [4.69, 9.17) is 22.4 Å². The third kappa shape index (κ3) is 5.18. The molecule has 4 N–H and O–H groups in total. The zero-order valence-electron chi connectivity index (χ0n) is 10.6. The predicted molar refractivity (Wildman–Crippen MR) is 74.5 cm³/mol. The molecule has 0 saturated carbocycles. The lowest BCUT2D eigenvalue weighted by molar-refractivity contribution is -0.137. The fourth-order valence-corrected chi connectivity index (χ4v) is 1.81. The van der Waals surface area contributed by atoms with E-state index in [2.05, 4.69) is 5.32 Å². The Kier molecular flexibility index (Phi) is 5.63. The maximum Gasteiger partial charge on any atom is 0.303 e. The number of benzene rings is 1. The van der Waals surface area contributed by atoms with Crippen molar-refractivity contribution >= 4 is 29.2 Å². The Labute approximate surface area is 116 Å². The van der Waals surface area contributed by atoms with E-state index < -0.39 is 11.9 Å². The minimum atomic E-state index is -0.813. The van der Waals surface area contributed by atoms with E-state index in [1.54, 1.807) is 18.2 Å². The molecule has 1 unspecified atom stereocenters. The summed E-state index contributed by atoms with van der Waals surface area (Å²) in [6.45, 7) is 2.48. The number of nitrogens with one attached hydrogen (secondary N) is 1. The third-order valence-corrected chi connectivity index (χ3v) is 2.97. The quantitative estimate of drug-likeness (QED) is 0.716. The van der Waals surface area contributed by atoms with Gasteiger partial charge in [0.1, 0.15) is 0 Å². The topological polar surface area (TPSA) is 92.4 Å². The number of amides is 1. The molecule has 1 aromatic carbocycles. The number of anilines is 1. The van der Waals surface area contributed by atoms with Crippen molar-refractivity contribution < 1.29 is 14.7 Å². The van der Waals surface area contributed by atoms with Crippen LogP contribution in [0.15, 0.2) is 18.2 Å². The number of carbonyl (C=O) groups is 2. The Morgan fingerprint density at radius 3 is 2.74 bits per heavy atom. The van der Waals surface area contributed by atoms with E-state index >= 15 is 0 Å². The van der Waals surface area contributed by atoms with Gasteiger partial charge in [0.2, 0.25) is 0 Å². The van der Waals surface area contributed by atoms with Crippen molar-refractivity contribution in [1.82, 2.24) is 0 Å². The van der Waals surface area contributed by atoms with Crippen LogP contribution in [0, 0.1) is 5.92 Å². The van der Waals surface area contributed by atoms with E-state index in [1.165, 1.54) is 0 Å². The molecule has 1 atom stereocenters. The van der Waals surface area contributed by atoms with Crippen LogP contribution in [0.3, 0.4) is 0 Å². The average molecular weight is 285 g/mol. The molecule has 104 valence electrons. The van der Waals surface area contributed by atoms with Crippen LogP contribution in [0.4, 0.5) is 5.69 Å². The molecule has 19 heavy (non-hydrogen) atoms. The molecule has 0 aromatic heterocycles. The van der Waals surface area contributed by atoms with Gasteiger partial charge in [-0.1, -0.05) is 18.5 Å². The molecule has 0 radical (unpaired) electrons. The summed E-state index contributed by atoms with van der Waals surface area (Å²) >= 11 is 5.87. The first-order chi connectivity index (χ1) is 8.90. The highest BCUT2D eigenvalue weighted by atomic mass is 35.5. The number of carboxylic acid groups (broad SMARTS) is 1. The molecular formula is C13H17ClN2O3. The number of aliphatic carboxylic acids is 1. The van der Waals surface area contributed by atoms with Gasteiger partial charge in [-0.15, -0.1) is 0 Å². The van der Waals surface area contributed by atoms with Crippen molar-refractivity contribution in [2.45, 2.75) is 19.8 Å². The first-order valence-electron chi connectivity index (χ1n) is 5.95. The van der Waals surface area contributed by atoms with Gasteiger partial charge in [0.05, 0.1) is 5.56 Å². The molecule has 0 spiro atoms. The van der Waals surface area contributed by atoms with Gasteiger partial charge in [-0.05, 0) is 30.5 Å². The van der Waals surface area contributed by atoms with Crippen LogP contribution in [0.1, 0.15) is 30.1 Å². The van der Waals surface area contributed by atoms with Gasteiger partial charge in [-0.25, -0.2) is 0 Å². The monoisotopic (exact) mass is 284 g/mol. The number of halogens is 1. The molecule has 1 aromatic rings. The van der Waals surface area contributed by atoms with E-state index in [0.717, 1.165) is 0 Å². The smallest absolute Gasteiger partial charge is 0.303 e. The zero-order valence-corrected chi connectivity index (χ0v) is 11.4. The molecule has 0 heterocycles. The number of carboxylic acids is 1. The molecule has 0 fully saturated rings. The van der Waals surface area contributed by atoms with Gasteiger partial charge in [-0.3, -0.25) is 9.59 Å². The van der Waals surface area contributed by atoms with Crippen molar-refractivity contribution in [2.75, 3.05) is 11.9 Å². The minimum absolute atomic E-state index is 0.126. The van der Waals surface area contributed by atoms with Crippen LogP contribution in [-0.4, -0.2) is 23.5 Å². The summed E-state index contributed by atoms with van der Waals surface area (Å²) in [4.78, 5) is 21.7.